The number of thioether (sulfide) groups is 1. The monoisotopic (exact) mass is 585 g/mol. The molecule has 208 valence electrons. The van der Waals surface area contributed by atoms with Crippen LogP contribution in [-0.4, -0.2) is 30.6 Å². The number of hydrogen-bond acceptors (Lipinski definition) is 5. The van der Waals surface area contributed by atoms with E-state index < -0.39 is 11.8 Å². The van der Waals surface area contributed by atoms with Gasteiger partial charge in [0, 0.05) is 26.9 Å². The molecule has 0 spiro atoms. The van der Waals surface area contributed by atoms with E-state index >= 15 is 0 Å². The van der Waals surface area contributed by atoms with Crippen molar-refractivity contribution in [2.75, 3.05) is 23.5 Å². The molecule has 3 N–H and O–H groups in total. The number of benzene rings is 4. The summed E-state index contributed by atoms with van der Waals surface area (Å²) in [6.45, 7) is 1.84. The van der Waals surface area contributed by atoms with Gasteiger partial charge in [0.2, 0.25) is 5.91 Å². The van der Waals surface area contributed by atoms with Crippen LogP contribution >= 0.6 is 23.4 Å². The first-order chi connectivity index (χ1) is 19.8. The molecule has 0 atom stereocenters. The van der Waals surface area contributed by atoms with Gasteiger partial charge in [-0.2, -0.15) is 0 Å². The quantitative estimate of drug-likeness (QED) is 0.140. The molecule has 0 aromatic heterocycles. The van der Waals surface area contributed by atoms with Gasteiger partial charge in [-0.1, -0.05) is 54.1 Å². The molecule has 0 heterocycles. The minimum Gasteiger partial charge on any atom is -0.497 e. The minimum atomic E-state index is -0.506. The van der Waals surface area contributed by atoms with Gasteiger partial charge >= 0.3 is 0 Å². The van der Waals surface area contributed by atoms with Crippen molar-refractivity contribution in [3.8, 4) is 5.75 Å². The molecule has 4 rings (SSSR count). The van der Waals surface area contributed by atoms with Crippen LogP contribution in [0.25, 0.3) is 6.08 Å². The van der Waals surface area contributed by atoms with Gasteiger partial charge < -0.3 is 20.7 Å². The van der Waals surface area contributed by atoms with Crippen molar-refractivity contribution in [1.29, 1.82) is 0 Å². The largest absolute Gasteiger partial charge is 0.497 e. The van der Waals surface area contributed by atoms with Gasteiger partial charge in [0.1, 0.15) is 11.4 Å². The Morgan fingerprint density at radius 1 is 0.878 bits per heavy atom. The highest BCUT2D eigenvalue weighted by molar-refractivity contribution is 8.00. The van der Waals surface area contributed by atoms with Crippen molar-refractivity contribution in [3.63, 3.8) is 0 Å². The average molecular weight is 586 g/mol. The van der Waals surface area contributed by atoms with Crippen LogP contribution in [0.4, 0.5) is 11.4 Å². The standard InChI is InChI=1S/C32H28ClN3O4S/c1-21-27(33)15-8-16-28(21)35-30(37)20-41-26-14-7-12-24(19-26)34-32(39)29(18-22-9-6-13-25(17-22)40-2)36-31(38)23-10-4-3-5-11-23/h3-19H,20H2,1-2H3,(H,34,39)(H,35,37)(H,36,38)/b29-18-. The second-order valence-corrected chi connectivity index (χ2v) is 10.3. The molecule has 0 saturated heterocycles. The van der Waals surface area contributed by atoms with E-state index in [1.165, 1.54) is 11.8 Å². The number of amides is 3. The van der Waals surface area contributed by atoms with Crippen LogP contribution < -0.4 is 20.7 Å². The number of rotatable bonds is 10. The Labute approximate surface area is 248 Å². The molecule has 41 heavy (non-hydrogen) atoms. The fourth-order valence-corrected chi connectivity index (χ4v) is 4.71. The Kier molecular flexibility index (Phi) is 10.2. The zero-order valence-electron chi connectivity index (χ0n) is 22.4. The maximum atomic E-state index is 13.4. The normalized spacial score (nSPS) is 11.0. The summed E-state index contributed by atoms with van der Waals surface area (Å²) in [5.74, 6) is -0.319. The van der Waals surface area contributed by atoms with Gasteiger partial charge in [-0.25, -0.2) is 0 Å². The first kappa shape index (κ1) is 29.5. The van der Waals surface area contributed by atoms with Gasteiger partial charge in [0.25, 0.3) is 11.8 Å². The van der Waals surface area contributed by atoms with E-state index in [9.17, 15) is 14.4 Å². The lowest BCUT2D eigenvalue weighted by Crippen LogP contribution is -2.30. The number of nitrogens with one attached hydrogen (secondary N) is 3. The summed E-state index contributed by atoms with van der Waals surface area (Å²) in [7, 11) is 1.56. The lowest BCUT2D eigenvalue weighted by Gasteiger charge is -2.13. The molecule has 0 aliphatic carbocycles. The summed E-state index contributed by atoms with van der Waals surface area (Å²) in [4.78, 5) is 39.6. The topological polar surface area (TPSA) is 96.5 Å². The van der Waals surface area contributed by atoms with Gasteiger partial charge in [-0.3, -0.25) is 14.4 Å². The Balaban J connectivity index is 1.47. The van der Waals surface area contributed by atoms with Crippen LogP contribution in [-0.2, 0) is 9.59 Å². The number of methoxy groups -OCH3 is 1. The second-order valence-electron chi connectivity index (χ2n) is 8.89. The minimum absolute atomic E-state index is 0.0569. The van der Waals surface area contributed by atoms with E-state index in [4.69, 9.17) is 16.3 Å². The van der Waals surface area contributed by atoms with Crippen molar-refractivity contribution in [2.45, 2.75) is 11.8 Å². The van der Waals surface area contributed by atoms with Gasteiger partial charge in [-0.15, -0.1) is 11.8 Å². The molecule has 0 radical (unpaired) electrons. The lowest BCUT2D eigenvalue weighted by atomic mass is 10.1. The summed E-state index contributed by atoms with van der Waals surface area (Å²) in [6.07, 6.45) is 1.58. The fourth-order valence-electron chi connectivity index (χ4n) is 3.78. The smallest absolute Gasteiger partial charge is 0.272 e. The molecule has 0 bridgehead atoms. The molecule has 3 amide bonds. The molecule has 0 fully saturated rings. The van der Waals surface area contributed by atoms with E-state index in [2.05, 4.69) is 16.0 Å². The second kappa shape index (κ2) is 14.2. The lowest BCUT2D eigenvalue weighted by molar-refractivity contribution is -0.114. The van der Waals surface area contributed by atoms with E-state index in [0.29, 0.717) is 33.3 Å². The molecule has 7 nitrogen and oxygen atoms in total. The number of carbonyl (C=O) groups is 3. The first-order valence-corrected chi connectivity index (χ1v) is 14.0. The summed E-state index contributed by atoms with van der Waals surface area (Å²) in [6, 6.07) is 28.3. The SMILES string of the molecule is COc1cccc(/C=C(\NC(=O)c2ccccc2)C(=O)Nc2cccc(SCC(=O)Nc3cccc(Cl)c3C)c2)c1. The predicted molar refractivity (Wildman–Crippen MR) is 165 cm³/mol. The zero-order valence-corrected chi connectivity index (χ0v) is 24.0. The van der Waals surface area contributed by atoms with Crippen molar-refractivity contribution >= 4 is 58.5 Å². The molecule has 0 unspecified atom stereocenters. The highest BCUT2D eigenvalue weighted by atomic mass is 35.5. The number of anilines is 2. The third-order valence-corrected chi connectivity index (χ3v) is 7.34. The summed E-state index contributed by atoms with van der Waals surface area (Å²) >= 11 is 7.47. The summed E-state index contributed by atoms with van der Waals surface area (Å²) < 4.78 is 5.29. The van der Waals surface area contributed by atoms with Crippen LogP contribution in [0.15, 0.2) is 108 Å². The van der Waals surface area contributed by atoms with Crippen LogP contribution in [0, 0.1) is 6.92 Å². The molecule has 4 aromatic rings. The molecule has 9 heteroatoms. The first-order valence-electron chi connectivity index (χ1n) is 12.6. The highest BCUT2D eigenvalue weighted by Crippen LogP contribution is 2.25. The number of halogens is 1. The van der Waals surface area contributed by atoms with Gasteiger partial charge in [0.05, 0.1) is 12.9 Å². The van der Waals surface area contributed by atoms with E-state index in [0.717, 1.165) is 10.5 Å². The molecule has 0 saturated carbocycles. The summed E-state index contributed by atoms with van der Waals surface area (Å²) in [5, 5.41) is 9.03. The third-order valence-electron chi connectivity index (χ3n) is 5.94. The number of carbonyl (C=O) groups excluding carboxylic acids is 3. The maximum Gasteiger partial charge on any atom is 0.272 e. The van der Waals surface area contributed by atoms with Crippen LogP contribution in [0.5, 0.6) is 5.75 Å². The zero-order chi connectivity index (χ0) is 29.2. The number of hydrogen-bond donors (Lipinski definition) is 3. The third kappa shape index (κ3) is 8.48. The van der Waals surface area contributed by atoms with Crippen molar-refractivity contribution in [3.05, 3.63) is 124 Å². The van der Waals surface area contributed by atoms with E-state index in [1.807, 2.05) is 19.1 Å². The average Bonchev–Trinajstić information content (AvgIpc) is 2.99. The predicted octanol–water partition coefficient (Wildman–Crippen LogP) is 6.80. The van der Waals surface area contributed by atoms with Crippen LogP contribution in [0.2, 0.25) is 5.02 Å². The van der Waals surface area contributed by atoms with Gasteiger partial charge in [-0.05, 0) is 78.7 Å². The van der Waals surface area contributed by atoms with Gasteiger partial charge in [0.15, 0.2) is 0 Å². The van der Waals surface area contributed by atoms with E-state index in [1.54, 1.807) is 98.1 Å². The molecule has 0 aliphatic rings. The fraction of sp³-hybridized carbons (Fsp3) is 0.0938. The Hall–Kier alpha value is -4.53. The highest BCUT2D eigenvalue weighted by Gasteiger charge is 2.16. The Morgan fingerprint density at radius 2 is 1.63 bits per heavy atom. The van der Waals surface area contributed by atoms with Crippen molar-refractivity contribution < 1.29 is 19.1 Å². The molecular formula is C32H28ClN3O4S. The molecule has 4 aromatic carbocycles. The van der Waals surface area contributed by atoms with E-state index in [-0.39, 0.29) is 17.4 Å². The van der Waals surface area contributed by atoms with Crippen LogP contribution in [0.3, 0.4) is 0 Å². The Morgan fingerprint density at radius 3 is 2.41 bits per heavy atom. The van der Waals surface area contributed by atoms with Crippen molar-refractivity contribution in [1.82, 2.24) is 5.32 Å². The Bertz CT molecular complexity index is 1590. The van der Waals surface area contributed by atoms with Crippen LogP contribution in [0.1, 0.15) is 21.5 Å². The maximum absolute atomic E-state index is 13.4. The number of ether oxygens (including phenoxy) is 1. The van der Waals surface area contributed by atoms with Crippen molar-refractivity contribution in [2.24, 2.45) is 0 Å². The molecule has 0 aliphatic heterocycles. The summed E-state index contributed by atoms with van der Waals surface area (Å²) in [5.41, 5.74) is 3.12. The molecular weight excluding hydrogens is 558 g/mol.